The molecule has 11 nitrogen and oxygen atoms in total. The summed E-state index contributed by atoms with van der Waals surface area (Å²) in [6.45, 7) is 1.25. The van der Waals surface area contributed by atoms with Crippen LogP contribution in [0.3, 0.4) is 0 Å². The molecule has 3 aromatic heterocycles. The highest BCUT2D eigenvalue weighted by Crippen LogP contribution is 2.19. The van der Waals surface area contributed by atoms with Crippen molar-refractivity contribution in [1.29, 1.82) is 5.26 Å². The second-order valence-electron chi connectivity index (χ2n) is 10.7. The predicted molar refractivity (Wildman–Crippen MR) is 214 cm³/mol. The van der Waals surface area contributed by atoms with E-state index < -0.39 is 5.97 Å². The molecule has 3 aromatic carbocycles. The minimum Gasteiger partial charge on any atom is -0.464 e. The molecule has 13 heteroatoms. The molecule has 0 atom stereocenters. The number of benzene rings is 3. The van der Waals surface area contributed by atoms with Crippen molar-refractivity contribution in [3.8, 4) is 6.07 Å². The van der Waals surface area contributed by atoms with Crippen LogP contribution in [0.2, 0.25) is 0 Å². The predicted octanol–water partition coefficient (Wildman–Crippen LogP) is 8.66. The van der Waals surface area contributed by atoms with Crippen molar-refractivity contribution in [2.75, 3.05) is 21.3 Å². The molecule has 0 unspecified atom stereocenters. The van der Waals surface area contributed by atoms with Crippen molar-refractivity contribution < 1.29 is 33.7 Å². The number of aliphatic hydroxyl groups excluding tert-OH is 1. The Labute approximate surface area is 332 Å². The number of methoxy groups -OCH3 is 3. The summed E-state index contributed by atoms with van der Waals surface area (Å²) in [7, 11) is 4.06. The third-order valence-corrected chi connectivity index (χ3v) is 8.41. The Kier molecular flexibility index (Phi) is 19.6. The number of carbonyl (C=O) groups excluding carboxylic acids is 3. The number of nitrogens with zero attached hydrogens (tertiary/aromatic N) is 3. The van der Waals surface area contributed by atoms with Crippen molar-refractivity contribution in [1.82, 2.24) is 14.1 Å². The Bertz CT molecular complexity index is 2070. The molecule has 3 heterocycles. The lowest BCUT2D eigenvalue weighted by atomic mass is 10.2. The van der Waals surface area contributed by atoms with E-state index in [9.17, 15) is 14.4 Å². The molecule has 0 fully saturated rings. The van der Waals surface area contributed by atoms with Gasteiger partial charge >= 0.3 is 17.9 Å². The van der Waals surface area contributed by atoms with Crippen LogP contribution in [0.5, 0.6) is 0 Å². The first kappa shape index (κ1) is 44.5. The molecule has 0 saturated heterocycles. The second-order valence-corrected chi connectivity index (χ2v) is 12.4. The maximum Gasteiger partial charge on any atom is 0.354 e. The van der Waals surface area contributed by atoms with Gasteiger partial charge in [0.15, 0.2) is 0 Å². The molecular formula is C41H42Br2N4O7. The molecule has 0 aliphatic heterocycles. The lowest BCUT2D eigenvalue weighted by molar-refractivity contribution is 0.0580. The van der Waals surface area contributed by atoms with E-state index in [1.165, 1.54) is 21.3 Å². The Morgan fingerprint density at radius 2 is 1.07 bits per heavy atom. The summed E-state index contributed by atoms with van der Waals surface area (Å²) in [6, 6.07) is 41.4. The van der Waals surface area contributed by atoms with Gasteiger partial charge in [-0.15, -0.1) is 0 Å². The van der Waals surface area contributed by atoms with E-state index in [-0.39, 0.29) is 26.0 Å². The van der Waals surface area contributed by atoms with Crippen LogP contribution in [0.15, 0.2) is 137 Å². The zero-order chi connectivity index (χ0) is 38.6. The fourth-order valence-corrected chi connectivity index (χ4v) is 5.41. The van der Waals surface area contributed by atoms with Crippen LogP contribution in [0.1, 0.15) is 61.3 Å². The van der Waals surface area contributed by atoms with Crippen molar-refractivity contribution in [2.45, 2.75) is 27.1 Å². The van der Waals surface area contributed by atoms with Crippen LogP contribution >= 0.6 is 31.9 Å². The normalized spacial score (nSPS) is 9.57. The van der Waals surface area contributed by atoms with Gasteiger partial charge in [0.05, 0.1) is 37.1 Å². The third kappa shape index (κ3) is 13.7. The van der Waals surface area contributed by atoms with Gasteiger partial charge in [-0.2, -0.15) is 5.26 Å². The molecule has 0 aliphatic rings. The van der Waals surface area contributed by atoms with Crippen LogP contribution in [-0.2, 0) is 33.9 Å². The van der Waals surface area contributed by atoms with E-state index in [2.05, 4.69) is 47.6 Å². The quantitative estimate of drug-likeness (QED) is 0.114. The first-order valence-electron chi connectivity index (χ1n) is 15.9. The van der Waals surface area contributed by atoms with Gasteiger partial charge in [-0.3, -0.25) is 0 Å². The molecule has 0 amide bonds. The summed E-state index contributed by atoms with van der Waals surface area (Å²) in [6.07, 6.45) is 0. The zero-order valence-corrected chi connectivity index (χ0v) is 32.4. The molecule has 0 aliphatic carbocycles. The summed E-state index contributed by atoms with van der Waals surface area (Å²) < 4.78 is 19.1. The maximum atomic E-state index is 11.6. The minimum absolute atomic E-state index is 0. The zero-order valence-electron chi connectivity index (χ0n) is 29.2. The van der Waals surface area contributed by atoms with E-state index in [1.54, 1.807) is 34.9 Å². The van der Waals surface area contributed by atoms with Gasteiger partial charge < -0.3 is 33.4 Å². The summed E-state index contributed by atoms with van der Waals surface area (Å²) in [5, 5.41) is 17.6. The molecule has 54 heavy (non-hydrogen) atoms. The molecule has 0 spiro atoms. The summed E-state index contributed by atoms with van der Waals surface area (Å²) in [5.41, 5.74) is 4.95. The number of rotatable bonds is 8. The Morgan fingerprint density at radius 1 is 0.630 bits per heavy atom. The Hall–Kier alpha value is -5.68. The summed E-state index contributed by atoms with van der Waals surface area (Å²) >= 11 is 6.59. The summed E-state index contributed by atoms with van der Waals surface area (Å²) in [5.74, 6) is -1.12. The number of aromatic amines is 1. The van der Waals surface area contributed by atoms with E-state index in [0.717, 1.165) is 25.9 Å². The van der Waals surface area contributed by atoms with E-state index in [0.29, 0.717) is 35.9 Å². The number of H-pyrrole nitrogens is 1. The van der Waals surface area contributed by atoms with Crippen LogP contribution in [-0.4, -0.2) is 58.5 Å². The van der Waals surface area contributed by atoms with Crippen LogP contribution in [0, 0.1) is 11.3 Å². The number of halogens is 2. The van der Waals surface area contributed by atoms with Crippen molar-refractivity contribution in [3.63, 3.8) is 0 Å². The average Bonchev–Trinajstić information content (AvgIpc) is 3.93. The number of esters is 3. The molecule has 2 N–H and O–H groups in total. The Balaban J connectivity index is 0.000000259. The van der Waals surface area contributed by atoms with E-state index in [1.807, 2.05) is 102 Å². The second kappa shape index (κ2) is 23.8. The van der Waals surface area contributed by atoms with Crippen LogP contribution < -0.4 is 0 Å². The maximum absolute atomic E-state index is 11.6. The van der Waals surface area contributed by atoms with Gasteiger partial charge in [-0.1, -0.05) is 98.4 Å². The number of aliphatic hydroxyl groups is 1. The highest BCUT2D eigenvalue weighted by Gasteiger charge is 2.16. The molecule has 282 valence electrons. The first-order chi connectivity index (χ1) is 25.6. The van der Waals surface area contributed by atoms with Gasteiger partial charge in [-0.05, 0) is 84.9 Å². The molecule has 0 saturated carbocycles. The van der Waals surface area contributed by atoms with Gasteiger partial charge in [0, 0.05) is 13.1 Å². The summed E-state index contributed by atoms with van der Waals surface area (Å²) in [4.78, 5) is 36.7. The SMILES string of the molecule is C.COC(=O)c1ccc(Br)[nH]1.COC(=O)c1ccc(Br)n1Cc1ccccc1.COC(=O)c1ccc(C#N)n1Cc1ccccc1.OCc1ccccc1. The number of hydrogen-bond acceptors (Lipinski definition) is 8. The van der Waals surface area contributed by atoms with Crippen LogP contribution in [0.4, 0.5) is 0 Å². The van der Waals surface area contributed by atoms with Gasteiger partial charge in [0.2, 0.25) is 0 Å². The van der Waals surface area contributed by atoms with Crippen molar-refractivity contribution in [2.24, 2.45) is 0 Å². The fourth-order valence-electron chi connectivity index (χ4n) is 4.62. The molecule has 0 radical (unpaired) electrons. The first-order valence-corrected chi connectivity index (χ1v) is 17.5. The molecule has 6 rings (SSSR count). The van der Waals surface area contributed by atoms with Crippen molar-refractivity contribution in [3.05, 3.63) is 176 Å². The van der Waals surface area contributed by atoms with Crippen molar-refractivity contribution >= 4 is 49.8 Å². The molecular weight excluding hydrogens is 820 g/mol. The highest BCUT2D eigenvalue weighted by atomic mass is 79.9. The number of carbonyl (C=O) groups is 3. The molecule has 6 aromatic rings. The number of nitrogens with one attached hydrogen (secondary N) is 1. The largest absolute Gasteiger partial charge is 0.464 e. The van der Waals surface area contributed by atoms with E-state index in [4.69, 9.17) is 19.8 Å². The lowest BCUT2D eigenvalue weighted by Crippen LogP contribution is -2.12. The lowest BCUT2D eigenvalue weighted by Gasteiger charge is -2.09. The number of nitriles is 1. The third-order valence-electron chi connectivity index (χ3n) is 7.26. The monoisotopic (exact) mass is 860 g/mol. The minimum atomic E-state index is -0.438. The number of ether oxygens (including phenoxy) is 3. The number of aromatic nitrogens is 3. The van der Waals surface area contributed by atoms with Gasteiger partial charge in [0.1, 0.15) is 28.8 Å². The van der Waals surface area contributed by atoms with Gasteiger partial charge in [-0.25, -0.2) is 14.4 Å². The van der Waals surface area contributed by atoms with Gasteiger partial charge in [0.25, 0.3) is 0 Å². The van der Waals surface area contributed by atoms with Crippen LogP contribution in [0.25, 0.3) is 0 Å². The highest BCUT2D eigenvalue weighted by molar-refractivity contribution is 9.10. The van der Waals surface area contributed by atoms with E-state index >= 15 is 0 Å². The average molecular weight is 863 g/mol. The fraction of sp³-hybridized carbons (Fsp3) is 0.171. The standard InChI is InChI=1S/C14H12N2O2.C13H12BrNO2.C7H8O.C6H6BrNO2.CH4/c1-18-14(17)13-8-7-12(9-15)16(13)10-11-5-3-2-4-6-11;1-17-13(16)11-7-8-12(14)15(11)9-10-5-3-2-4-6-10;8-6-7-4-2-1-3-5-7;1-10-6(9)4-2-3-5(7)8-4;/h2-8H,10H2,1H3;2-8H,9H2,1H3;1-5,8H,6H2;2-3,8H,1H3;1H4. The number of hydrogen-bond donors (Lipinski definition) is 2. The molecule has 0 bridgehead atoms. The smallest absolute Gasteiger partial charge is 0.354 e. The topological polar surface area (TPSA) is 149 Å². The Morgan fingerprint density at radius 3 is 1.48 bits per heavy atom.